The first-order valence-corrected chi connectivity index (χ1v) is 6.56. The molecule has 0 fully saturated rings. The molecule has 4 rings (SSSR count). The van der Waals surface area contributed by atoms with Crippen LogP contribution in [0.25, 0.3) is 17.2 Å². The van der Waals surface area contributed by atoms with Gasteiger partial charge in [0.15, 0.2) is 5.82 Å². The maximum absolute atomic E-state index is 5.47. The van der Waals surface area contributed by atoms with E-state index in [2.05, 4.69) is 37.7 Å². The van der Waals surface area contributed by atoms with E-state index >= 15 is 0 Å². The van der Waals surface area contributed by atoms with Gasteiger partial charge in [0.25, 0.3) is 0 Å². The van der Waals surface area contributed by atoms with Crippen molar-refractivity contribution in [1.29, 1.82) is 0 Å². The second kappa shape index (κ2) is 4.31. The number of nitrogens with one attached hydrogen (secondary N) is 1. The highest BCUT2D eigenvalue weighted by molar-refractivity contribution is 5.57. The smallest absolute Gasteiger partial charge is 0.165 e. The van der Waals surface area contributed by atoms with Crippen molar-refractivity contribution in [3.63, 3.8) is 0 Å². The Morgan fingerprint density at radius 2 is 2.10 bits per heavy atom. The topological polar surface area (TPSA) is 55.7 Å². The van der Waals surface area contributed by atoms with Crippen LogP contribution in [0.3, 0.4) is 0 Å². The van der Waals surface area contributed by atoms with Crippen LogP contribution < -0.4 is 0 Å². The molecule has 1 aromatic carbocycles. The first-order valence-electron chi connectivity index (χ1n) is 6.56. The van der Waals surface area contributed by atoms with Crippen LogP contribution in [0, 0.1) is 6.92 Å². The van der Waals surface area contributed by atoms with Crippen molar-refractivity contribution < 1.29 is 4.74 Å². The first kappa shape index (κ1) is 11.4. The Labute approximate surface area is 116 Å². The lowest BCUT2D eigenvalue weighted by atomic mass is 10.1. The molecule has 1 N–H and O–H groups in total. The highest BCUT2D eigenvalue weighted by Crippen LogP contribution is 2.26. The summed E-state index contributed by atoms with van der Waals surface area (Å²) in [4.78, 5) is 11.9. The minimum absolute atomic E-state index is 0.689. The van der Waals surface area contributed by atoms with Crippen molar-refractivity contribution in [2.45, 2.75) is 20.1 Å². The fraction of sp³-hybridized carbons (Fsp3) is 0.200. The van der Waals surface area contributed by atoms with Crippen molar-refractivity contribution in [2.75, 3.05) is 0 Å². The van der Waals surface area contributed by atoms with Crippen LogP contribution in [-0.2, 0) is 18.0 Å². The zero-order valence-corrected chi connectivity index (χ0v) is 11.1. The lowest BCUT2D eigenvalue weighted by molar-refractivity contribution is 0.134. The monoisotopic (exact) mass is 266 g/mol. The van der Waals surface area contributed by atoms with Gasteiger partial charge in [0, 0.05) is 23.8 Å². The van der Waals surface area contributed by atoms with Crippen LogP contribution in [0.2, 0.25) is 0 Å². The summed E-state index contributed by atoms with van der Waals surface area (Å²) in [5.41, 5.74) is 5.50. The summed E-state index contributed by atoms with van der Waals surface area (Å²) in [6, 6.07) is 6.38. The number of ether oxygens (including phenoxy) is 1. The highest BCUT2D eigenvalue weighted by atomic mass is 16.5. The van der Waals surface area contributed by atoms with E-state index in [9.17, 15) is 0 Å². The number of fused-ring (bicyclic) bond motifs is 1. The number of aryl methyl sites for hydroxylation is 1. The Balaban J connectivity index is 1.84. The number of nitrogens with zero attached hydrogens (tertiary/aromatic N) is 3. The lowest BCUT2D eigenvalue weighted by Gasteiger charge is -2.08. The standard InChI is InChI=1S/C15H14N4O/c1-10-14(18-9-17-10)15-16-4-5-19(15)13-3-2-11-7-20-8-12(11)6-13/h2-6,9H,7-8H2,1H3,(H,17,18). The Morgan fingerprint density at radius 3 is 2.95 bits per heavy atom. The number of hydrogen-bond acceptors (Lipinski definition) is 3. The van der Waals surface area contributed by atoms with Crippen LogP contribution in [0.15, 0.2) is 36.9 Å². The minimum Gasteiger partial charge on any atom is -0.372 e. The zero-order chi connectivity index (χ0) is 13.5. The molecule has 1 aliphatic heterocycles. The van der Waals surface area contributed by atoms with Crippen molar-refractivity contribution in [3.8, 4) is 17.2 Å². The van der Waals surface area contributed by atoms with E-state index in [1.54, 1.807) is 12.5 Å². The van der Waals surface area contributed by atoms with E-state index in [0.717, 1.165) is 22.9 Å². The Hall–Kier alpha value is -2.40. The lowest BCUT2D eigenvalue weighted by Crippen LogP contribution is -1.99. The van der Waals surface area contributed by atoms with Crippen LogP contribution in [-0.4, -0.2) is 19.5 Å². The zero-order valence-electron chi connectivity index (χ0n) is 11.1. The van der Waals surface area contributed by atoms with E-state index in [1.807, 2.05) is 13.1 Å². The second-order valence-corrected chi connectivity index (χ2v) is 4.94. The van der Waals surface area contributed by atoms with Gasteiger partial charge in [-0.1, -0.05) is 6.07 Å². The molecule has 0 amide bonds. The average molecular weight is 266 g/mol. The van der Waals surface area contributed by atoms with E-state index in [0.29, 0.717) is 13.2 Å². The van der Waals surface area contributed by atoms with Gasteiger partial charge in [-0.15, -0.1) is 0 Å². The van der Waals surface area contributed by atoms with Crippen LogP contribution in [0.4, 0.5) is 0 Å². The third-order valence-corrected chi connectivity index (χ3v) is 3.67. The molecular weight excluding hydrogens is 252 g/mol. The number of hydrogen-bond donors (Lipinski definition) is 1. The molecule has 5 nitrogen and oxygen atoms in total. The summed E-state index contributed by atoms with van der Waals surface area (Å²) in [6.07, 6.45) is 5.45. The average Bonchev–Trinajstić information content (AvgIpc) is 3.16. The van der Waals surface area contributed by atoms with Gasteiger partial charge in [-0.25, -0.2) is 9.97 Å². The first-order chi connectivity index (χ1) is 9.83. The Bertz CT molecular complexity index is 772. The number of rotatable bonds is 2. The molecule has 3 aromatic rings. The quantitative estimate of drug-likeness (QED) is 0.775. The molecule has 0 spiro atoms. The van der Waals surface area contributed by atoms with E-state index in [1.165, 1.54) is 11.1 Å². The van der Waals surface area contributed by atoms with Gasteiger partial charge in [-0.3, -0.25) is 4.57 Å². The van der Waals surface area contributed by atoms with Crippen LogP contribution in [0.5, 0.6) is 0 Å². The summed E-state index contributed by atoms with van der Waals surface area (Å²) in [6.45, 7) is 3.40. The fourth-order valence-electron chi connectivity index (χ4n) is 2.58. The minimum atomic E-state index is 0.689. The Kier molecular flexibility index (Phi) is 2.47. The molecule has 0 bridgehead atoms. The maximum atomic E-state index is 5.47. The SMILES string of the molecule is Cc1[nH]cnc1-c1nccn1-c1ccc2c(c1)COC2. The molecule has 0 radical (unpaired) electrons. The molecule has 3 heterocycles. The molecule has 2 aromatic heterocycles. The predicted octanol–water partition coefficient (Wildman–Crippen LogP) is 2.60. The largest absolute Gasteiger partial charge is 0.372 e. The van der Waals surface area contributed by atoms with Gasteiger partial charge in [0.05, 0.1) is 19.5 Å². The van der Waals surface area contributed by atoms with Gasteiger partial charge in [-0.2, -0.15) is 0 Å². The molecule has 20 heavy (non-hydrogen) atoms. The molecule has 1 aliphatic rings. The van der Waals surface area contributed by atoms with Gasteiger partial charge < -0.3 is 9.72 Å². The summed E-state index contributed by atoms with van der Waals surface area (Å²) in [5, 5.41) is 0. The third kappa shape index (κ3) is 1.67. The van der Waals surface area contributed by atoms with Crippen molar-refractivity contribution in [1.82, 2.24) is 19.5 Å². The predicted molar refractivity (Wildman–Crippen MR) is 74.4 cm³/mol. The summed E-state index contributed by atoms with van der Waals surface area (Å²) in [7, 11) is 0. The number of benzene rings is 1. The summed E-state index contributed by atoms with van der Waals surface area (Å²) in [5.74, 6) is 0.850. The van der Waals surface area contributed by atoms with Crippen molar-refractivity contribution in [3.05, 3.63) is 53.7 Å². The Morgan fingerprint density at radius 1 is 1.20 bits per heavy atom. The molecule has 100 valence electrons. The van der Waals surface area contributed by atoms with Crippen molar-refractivity contribution >= 4 is 0 Å². The third-order valence-electron chi connectivity index (χ3n) is 3.67. The number of H-pyrrole nitrogens is 1. The number of aromatic nitrogens is 4. The van der Waals surface area contributed by atoms with Crippen LogP contribution >= 0.6 is 0 Å². The molecule has 0 unspecified atom stereocenters. The van der Waals surface area contributed by atoms with Gasteiger partial charge >= 0.3 is 0 Å². The second-order valence-electron chi connectivity index (χ2n) is 4.94. The number of aromatic amines is 1. The van der Waals surface area contributed by atoms with Crippen molar-refractivity contribution in [2.24, 2.45) is 0 Å². The number of imidazole rings is 2. The summed E-state index contributed by atoms with van der Waals surface area (Å²) < 4.78 is 7.52. The molecule has 0 saturated heterocycles. The molecule has 0 saturated carbocycles. The van der Waals surface area contributed by atoms with Gasteiger partial charge in [0.1, 0.15) is 5.69 Å². The normalized spacial score (nSPS) is 13.7. The maximum Gasteiger partial charge on any atom is 0.165 e. The van der Waals surface area contributed by atoms with E-state index < -0.39 is 0 Å². The fourth-order valence-corrected chi connectivity index (χ4v) is 2.58. The van der Waals surface area contributed by atoms with Crippen LogP contribution in [0.1, 0.15) is 16.8 Å². The molecular formula is C15H14N4O. The van der Waals surface area contributed by atoms with E-state index in [4.69, 9.17) is 4.74 Å². The van der Waals surface area contributed by atoms with E-state index in [-0.39, 0.29) is 0 Å². The van der Waals surface area contributed by atoms with Gasteiger partial charge in [0.2, 0.25) is 0 Å². The molecule has 0 atom stereocenters. The molecule has 0 aliphatic carbocycles. The highest BCUT2D eigenvalue weighted by Gasteiger charge is 2.15. The summed E-state index contributed by atoms with van der Waals surface area (Å²) >= 11 is 0. The van der Waals surface area contributed by atoms with Gasteiger partial charge in [-0.05, 0) is 30.2 Å². The molecule has 5 heteroatoms.